The third-order valence-electron chi connectivity index (χ3n) is 5.41. The molecule has 2 aromatic carbocycles. The molecule has 28 heavy (non-hydrogen) atoms. The lowest BCUT2D eigenvalue weighted by Gasteiger charge is -2.26. The summed E-state index contributed by atoms with van der Waals surface area (Å²) in [6, 6.07) is 16.5. The minimum atomic E-state index is -0.202. The molecule has 0 saturated heterocycles. The summed E-state index contributed by atoms with van der Waals surface area (Å²) in [6.07, 6.45) is 4.56. The first-order valence-corrected chi connectivity index (χ1v) is 9.89. The Morgan fingerprint density at radius 3 is 2.71 bits per heavy atom. The predicted molar refractivity (Wildman–Crippen MR) is 110 cm³/mol. The van der Waals surface area contributed by atoms with Crippen molar-refractivity contribution in [1.29, 1.82) is 0 Å². The van der Waals surface area contributed by atoms with Gasteiger partial charge in [-0.2, -0.15) is 0 Å². The molecule has 0 radical (unpaired) electrons. The highest BCUT2D eigenvalue weighted by molar-refractivity contribution is 5.98. The van der Waals surface area contributed by atoms with Gasteiger partial charge in [0.25, 0.3) is 5.91 Å². The minimum Gasteiger partial charge on any atom is -0.493 e. The van der Waals surface area contributed by atoms with E-state index in [1.165, 1.54) is 24.8 Å². The van der Waals surface area contributed by atoms with Crippen LogP contribution < -0.4 is 15.4 Å². The number of carbonyl (C=O) groups is 1. The number of hydrogen-bond donors (Lipinski definition) is 2. The van der Waals surface area contributed by atoms with Crippen LogP contribution in [0, 0.1) is 0 Å². The summed E-state index contributed by atoms with van der Waals surface area (Å²) in [5.41, 5.74) is 2.94. The molecule has 0 aliphatic heterocycles. The molecule has 0 atom stereocenters. The van der Waals surface area contributed by atoms with E-state index in [9.17, 15) is 4.79 Å². The molecule has 0 spiro atoms. The first-order chi connectivity index (χ1) is 13.7. The van der Waals surface area contributed by atoms with Crippen molar-refractivity contribution in [3.05, 3.63) is 65.4 Å². The van der Waals surface area contributed by atoms with Gasteiger partial charge in [0.15, 0.2) is 17.1 Å². The van der Waals surface area contributed by atoms with E-state index in [2.05, 4.69) is 22.8 Å². The van der Waals surface area contributed by atoms with Gasteiger partial charge in [0.2, 0.25) is 0 Å². The van der Waals surface area contributed by atoms with Gasteiger partial charge in [-0.1, -0.05) is 42.8 Å². The molecule has 5 nitrogen and oxygen atoms in total. The van der Waals surface area contributed by atoms with Crippen LogP contribution in [0.3, 0.4) is 0 Å². The van der Waals surface area contributed by atoms with Crippen molar-refractivity contribution < 1.29 is 13.9 Å². The van der Waals surface area contributed by atoms with Gasteiger partial charge in [0.05, 0.1) is 7.11 Å². The third-order valence-corrected chi connectivity index (χ3v) is 5.41. The smallest absolute Gasteiger partial charge is 0.287 e. The molecule has 1 amide bonds. The molecule has 1 aliphatic carbocycles. The fourth-order valence-electron chi connectivity index (χ4n) is 3.50. The molecule has 2 N–H and O–H groups in total. The summed E-state index contributed by atoms with van der Waals surface area (Å²) in [5.74, 6) is 0.760. The zero-order valence-electron chi connectivity index (χ0n) is 16.2. The van der Waals surface area contributed by atoms with Crippen molar-refractivity contribution in [3.8, 4) is 5.75 Å². The summed E-state index contributed by atoms with van der Waals surface area (Å²) in [7, 11) is 1.61. The van der Waals surface area contributed by atoms with Gasteiger partial charge in [-0.3, -0.25) is 4.79 Å². The van der Waals surface area contributed by atoms with E-state index < -0.39 is 0 Å². The molecule has 1 saturated carbocycles. The lowest BCUT2D eigenvalue weighted by Crippen LogP contribution is -2.34. The topological polar surface area (TPSA) is 63.5 Å². The standard InChI is InChI=1S/C23H26N2O3/c1-27-20-11-10-17(15-25-18-8-5-9-18)19-14-21(28-22(19)20)23(26)24-13-12-16-6-3-2-4-7-16/h2-4,6-7,10-11,14,18,25H,5,8-9,12-13,15H2,1H3,(H,24,26). The molecular formula is C23H26N2O3. The molecule has 146 valence electrons. The van der Waals surface area contributed by atoms with E-state index >= 15 is 0 Å². The zero-order chi connectivity index (χ0) is 19.3. The van der Waals surface area contributed by atoms with Crippen LogP contribution in [0.5, 0.6) is 5.75 Å². The van der Waals surface area contributed by atoms with E-state index in [4.69, 9.17) is 9.15 Å². The van der Waals surface area contributed by atoms with Crippen LogP contribution in [0.25, 0.3) is 11.0 Å². The SMILES string of the molecule is COc1ccc(CNC2CCC2)c2cc(C(=O)NCCc3ccccc3)oc12. The number of hydrogen-bond acceptors (Lipinski definition) is 4. The van der Waals surface area contributed by atoms with Crippen molar-refractivity contribution in [1.82, 2.24) is 10.6 Å². The number of benzene rings is 2. The van der Waals surface area contributed by atoms with Crippen LogP contribution in [0.4, 0.5) is 0 Å². The number of methoxy groups -OCH3 is 1. The van der Waals surface area contributed by atoms with Crippen molar-refractivity contribution in [2.75, 3.05) is 13.7 Å². The minimum absolute atomic E-state index is 0.202. The molecular weight excluding hydrogens is 352 g/mol. The second-order valence-electron chi connectivity index (χ2n) is 7.28. The van der Waals surface area contributed by atoms with Crippen LogP contribution in [-0.2, 0) is 13.0 Å². The second-order valence-corrected chi connectivity index (χ2v) is 7.28. The third kappa shape index (κ3) is 4.04. The summed E-state index contributed by atoms with van der Waals surface area (Å²) < 4.78 is 11.3. The average Bonchev–Trinajstić information content (AvgIpc) is 3.13. The van der Waals surface area contributed by atoms with Crippen LogP contribution in [-0.4, -0.2) is 25.6 Å². The highest BCUT2D eigenvalue weighted by atomic mass is 16.5. The lowest BCUT2D eigenvalue weighted by atomic mass is 9.93. The fourth-order valence-corrected chi connectivity index (χ4v) is 3.50. The Morgan fingerprint density at radius 1 is 1.18 bits per heavy atom. The van der Waals surface area contributed by atoms with Gasteiger partial charge in [-0.05, 0) is 42.5 Å². The van der Waals surface area contributed by atoms with E-state index in [1.54, 1.807) is 7.11 Å². The van der Waals surface area contributed by atoms with Crippen molar-refractivity contribution in [2.45, 2.75) is 38.3 Å². The average molecular weight is 378 g/mol. The highest BCUT2D eigenvalue weighted by Crippen LogP contribution is 2.32. The quantitative estimate of drug-likeness (QED) is 0.621. The van der Waals surface area contributed by atoms with Crippen LogP contribution in [0.1, 0.15) is 40.9 Å². The van der Waals surface area contributed by atoms with E-state index in [1.807, 2.05) is 36.4 Å². The van der Waals surface area contributed by atoms with Crippen LogP contribution in [0.15, 0.2) is 52.9 Å². The maximum atomic E-state index is 12.6. The molecule has 3 aromatic rings. The molecule has 1 aliphatic rings. The summed E-state index contributed by atoms with van der Waals surface area (Å²) >= 11 is 0. The molecule has 5 heteroatoms. The largest absolute Gasteiger partial charge is 0.493 e. The van der Waals surface area contributed by atoms with Crippen LogP contribution >= 0.6 is 0 Å². The number of amides is 1. The van der Waals surface area contributed by atoms with Gasteiger partial charge in [0.1, 0.15) is 0 Å². The molecule has 1 aromatic heterocycles. The number of fused-ring (bicyclic) bond motifs is 1. The fraction of sp³-hybridized carbons (Fsp3) is 0.348. The lowest BCUT2D eigenvalue weighted by molar-refractivity contribution is 0.0928. The van der Waals surface area contributed by atoms with Gasteiger partial charge < -0.3 is 19.8 Å². The summed E-state index contributed by atoms with van der Waals surface area (Å²) in [6.45, 7) is 1.33. The second kappa shape index (κ2) is 8.48. The van der Waals surface area contributed by atoms with Crippen molar-refractivity contribution in [2.24, 2.45) is 0 Å². The van der Waals surface area contributed by atoms with Crippen molar-refractivity contribution in [3.63, 3.8) is 0 Å². The predicted octanol–water partition coefficient (Wildman–Crippen LogP) is 4.06. The Bertz CT molecular complexity index is 945. The van der Waals surface area contributed by atoms with Gasteiger partial charge in [-0.25, -0.2) is 0 Å². The number of nitrogens with one attached hydrogen (secondary N) is 2. The summed E-state index contributed by atoms with van der Waals surface area (Å²) in [4.78, 5) is 12.6. The van der Waals surface area contributed by atoms with Gasteiger partial charge in [-0.15, -0.1) is 0 Å². The number of furan rings is 1. The number of ether oxygens (including phenoxy) is 1. The first kappa shape index (κ1) is 18.6. The van der Waals surface area contributed by atoms with Gasteiger partial charge in [0, 0.05) is 24.5 Å². The van der Waals surface area contributed by atoms with E-state index in [-0.39, 0.29) is 5.91 Å². The van der Waals surface area contributed by atoms with Gasteiger partial charge >= 0.3 is 0 Å². The molecule has 1 heterocycles. The Hall–Kier alpha value is -2.79. The number of rotatable bonds is 8. The van der Waals surface area contributed by atoms with E-state index in [0.29, 0.717) is 29.7 Å². The molecule has 0 bridgehead atoms. The Kier molecular flexibility index (Phi) is 5.63. The van der Waals surface area contributed by atoms with E-state index in [0.717, 1.165) is 23.9 Å². The Morgan fingerprint density at radius 2 is 2.00 bits per heavy atom. The maximum Gasteiger partial charge on any atom is 0.287 e. The van der Waals surface area contributed by atoms with Crippen molar-refractivity contribution >= 4 is 16.9 Å². The highest BCUT2D eigenvalue weighted by Gasteiger charge is 2.20. The molecule has 4 rings (SSSR count). The normalized spacial score (nSPS) is 14.0. The molecule has 1 fully saturated rings. The monoisotopic (exact) mass is 378 g/mol. The maximum absolute atomic E-state index is 12.6. The number of carbonyl (C=O) groups excluding carboxylic acids is 1. The summed E-state index contributed by atoms with van der Waals surface area (Å²) in [5, 5.41) is 7.45. The first-order valence-electron chi connectivity index (χ1n) is 9.89. The van der Waals surface area contributed by atoms with Crippen LogP contribution in [0.2, 0.25) is 0 Å². The Balaban J connectivity index is 1.47. The molecule has 0 unspecified atom stereocenters. The zero-order valence-corrected chi connectivity index (χ0v) is 16.2. The Labute approximate surface area is 165 Å².